The Kier molecular flexibility index (Phi) is 7.55. The molecule has 2 fully saturated rings. The number of piperidine rings is 2. The number of hydrogen-bond acceptors (Lipinski definition) is 7. The first-order valence-corrected chi connectivity index (χ1v) is 13.7. The van der Waals surface area contributed by atoms with E-state index >= 15 is 0 Å². The maximum Gasteiger partial charge on any atom is 0.264 e. The Hall–Kier alpha value is -3.56. The normalized spacial score (nSPS) is 20.8. The summed E-state index contributed by atoms with van der Waals surface area (Å²) >= 11 is 0. The van der Waals surface area contributed by atoms with Gasteiger partial charge in [-0.1, -0.05) is 30.3 Å². The van der Waals surface area contributed by atoms with Crippen LogP contribution in [0.5, 0.6) is 0 Å². The molecule has 2 aromatic carbocycles. The number of likely N-dealkylation sites (tertiary alicyclic amines) is 1. The smallest absolute Gasteiger partial charge is 0.264 e. The summed E-state index contributed by atoms with van der Waals surface area (Å²) in [5, 5.41) is 5.53. The molecule has 1 atom stereocenters. The Labute approximate surface area is 228 Å². The van der Waals surface area contributed by atoms with E-state index in [-0.39, 0.29) is 29.6 Å². The fraction of sp³-hybridized carbons (Fsp3) is 0.467. The summed E-state index contributed by atoms with van der Waals surface area (Å²) < 4.78 is 6.14. The van der Waals surface area contributed by atoms with Crippen molar-refractivity contribution in [1.82, 2.24) is 15.1 Å². The number of rotatable bonds is 7. The van der Waals surface area contributed by atoms with Crippen LogP contribution in [0.3, 0.4) is 0 Å². The number of hydrogen-bond donors (Lipinski definition) is 2. The highest BCUT2D eigenvalue weighted by Crippen LogP contribution is 2.32. The minimum atomic E-state index is -0.979. The third-order valence-electron chi connectivity index (χ3n) is 7.44. The van der Waals surface area contributed by atoms with Crippen molar-refractivity contribution in [3.05, 3.63) is 64.7 Å². The zero-order chi connectivity index (χ0) is 27.7. The van der Waals surface area contributed by atoms with E-state index in [0.717, 1.165) is 42.9 Å². The van der Waals surface area contributed by atoms with Gasteiger partial charge in [0, 0.05) is 38.3 Å². The largest absolute Gasteiger partial charge is 0.380 e. The van der Waals surface area contributed by atoms with Gasteiger partial charge in [-0.15, -0.1) is 0 Å². The molecule has 5 rings (SSSR count). The lowest BCUT2D eigenvalue weighted by molar-refractivity contribution is -0.136. The molecule has 9 heteroatoms. The van der Waals surface area contributed by atoms with Crippen LogP contribution in [0.4, 0.5) is 5.69 Å². The summed E-state index contributed by atoms with van der Waals surface area (Å²) in [4.78, 5) is 53.6. The number of ether oxygens (including phenoxy) is 1. The third-order valence-corrected chi connectivity index (χ3v) is 7.44. The minimum Gasteiger partial charge on any atom is -0.380 e. The molecule has 39 heavy (non-hydrogen) atoms. The molecular weight excluding hydrogens is 496 g/mol. The van der Waals surface area contributed by atoms with E-state index in [1.54, 1.807) is 18.2 Å². The van der Waals surface area contributed by atoms with E-state index in [2.05, 4.69) is 60.6 Å². The van der Waals surface area contributed by atoms with E-state index < -0.39 is 29.7 Å². The van der Waals surface area contributed by atoms with Crippen molar-refractivity contribution in [2.75, 3.05) is 18.4 Å². The highest BCUT2D eigenvalue weighted by molar-refractivity contribution is 6.25. The van der Waals surface area contributed by atoms with E-state index in [1.165, 1.54) is 5.56 Å². The Balaban J connectivity index is 1.18. The van der Waals surface area contributed by atoms with E-state index in [1.807, 2.05) is 0 Å². The number of nitrogens with one attached hydrogen (secondary N) is 2. The van der Waals surface area contributed by atoms with Gasteiger partial charge in [0.1, 0.15) is 6.04 Å². The molecule has 0 saturated carbocycles. The average Bonchev–Trinajstić information content (AvgIpc) is 3.14. The van der Waals surface area contributed by atoms with Gasteiger partial charge in [-0.25, -0.2) is 0 Å². The second kappa shape index (κ2) is 10.9. The SMILES string of the molecule is CC(C)(C)OC1CCN(Cc2ccc(CNc3cccc4c3C(=O)N(C3CCC(=O)NC3=O)C4=O)cc2)CC1. The third kappa shape index (κ3) is 6.04. The average molecular weight is 533 g/mol. The number of anilines is 1. The summed E-state index contributed by atoms with van der Waals surface area (Å²) in [6.45, 7) is 9.73. The number of benzene rings is 2. The number of nitrogens with zero attached hydrogens (tertiary/aromatic N) is 2. The van der Waals surface area contributed by atoms with Gasteiger partial charge in [0.15, 0.2) is 0 Å². The first-order chi connectivity index (χ1) is 18.6. The molecule has 0 spiro atoms. The lowest BCUT2D eigenvalue weighted by Gasteiger charge is -2.35. The molecule has 9 nitrogen and oxygen atoms in total. The van der Waals surface area contributed by atoms with Crippen LogP contribution < -0.4 is 10.6 Å². The minimum absolute atomic E-state index is 0.0921. The van der Waals surface area contributed by atoms with Crippen molar-refractivity contribution in [3.8, 4) is 0 Å². The van der Waals surface area contributed by atoms with Crippen molar-refractivity contribution in [3.63, 3.8) is 0 Å². The number of carbonyl (C=O) groups excluding carboxylic acids is 4. The number of amides is 4. The van der Waals surface area contributed by atoms with E-state index in [9.17, 15) is 19.2 Å². The van der Waals surface area contributed by atoms with Crippen LogP contribution >= 0.6 is 0 Å². The number of fused-ring (bicyclic) bond motifs is 1. The van der Waals surface area contributed by atoms with Crippen LogP contribution in [-0.2, 0) is 27.4 Å². The summed E-state index contributed by atoms with van der Waals surface area (Å²) in [6.07, 6.45) is 2.64. The zero-order valence-corrected chi connectivity index (χ0v) is 22.8. The first-order valence-electron chi connectivity index (χ1n) is 13.7. The molecule has 1 unspecified atom stereocenters. The molecular formula is C30H36N4O5. The second-order valence-corrected chi connectivity index (χ2v) is 11.6. The van der Waals surface area contributed by atoms with Crippen LogP contribution in [0, 0.1) is 0 Å². The van der Waals surface area contributed by atoms with Gasteiger partial charge >= 0.3 is 0 Å². The fourth-order valence-electron chi connectivity index (χ4n) is 5.57. The highest BCUT2D eigenvalue weighted by atomic mass is 16.5. The Morgan fingerprint density at radius 2 is 1.62 bits per heavy atom. The summed E-state index contributed by atoms with van der Waals surface area (Å²) in [5.74, 6) is -2.03. The lowest BCUT2D eigenvalue weighted by atomic mass is 10.0. The quantitative estimate of drug-likeness (QED) is 0.526. The van der Waals surface area contributed by atoms with Gasteiger partial charge < -0.3 is 10.1 Å². The van der Waals surface area contributed by atoms with Gasteiger partial charge in [-0.3, -0.25) is 34.3 Å². The van der Waals surface area contributed by atoms with Crippen LogP contribution in [0.15, 0.2) is 42.5 Å². The van der Waals surface area contributed by atoms with Gasteiger partial charge in [-0.2, -0.15) is 0 Å². The molecule has 2 N–H and O–H groups in total. The number of imide groups is 2. The summed E-state index contributed by atoms with van der Waals surface area (Å²) in [7, 11) is 0. The topological polar surface area (TPSA) is 108 Å². The van der Waals surface area contributed by atoms with Gasteiger partial charge in [0.25, 0.3) is 11.8 Å². The van der Waals surface area contributed by atoms with E-state index in [4.69, 9.17) is 4.74 Å². The highest BCUT2D eigenvalue weighted by Gasteiger charge is 2.45. The molecule has 2 saturated heterocycles. The second-order valence-electron chi connectivity index (χ2n) is 11.6. The molecule has 0 radical (unpaired) electrons. The molecule has 3 aliphatic heterocycles. The van der Waals surface area contributed by atoms with E-state index in [0.29, 0.717) is 18.3 Å². The van der Waals surface area contributed by atoms with Crippen molar-refractivity contribution in [2.45, 2.75) is 77.3 Å². The Morgan fingerprint density at radius 1 is 0.923 bits per heavy atom. The van der Waals surface area contributed by atoms with Crippen molar-refractivity contribution < 1.29 is 23.9 Å². The van der Waals surface area contributed by atoms with Crippen molar-refractivity contribution in [2.24, 2.45) is 0 Å². The Bertz CT molecular complexity index is 1280. The van der Waals surface area contributed by atoms with Crippen LogP contribution in [0.2, 0.25) is 0 Å². The zero-order valence-electron chi connectivity index (χ0n) is 22.8. The van der Waals surface area contributed by atoms with Gasteiger partial charge in [0.05, 0.1) is 22.8 Å². The van der Waals surface area contributed by atoms with Crippen LogP contribution in [0.1, 0.15) is 78.3 Å². The maximum absolute atomic E-state index is 13.3. The fourth-order valence-corrected chi connectivity index (χ4v) is 5.57. The maximum atomic E-state index is 13.3. The summed E-state index contributed by atoms with van der Waals surface area (Å²) in [6, 6.07) is 12.5. The first kappa shape index (κ1) is 27.0. The van der Waals surface area contributed by atoms with Crippen LogP contribution in [-0.4, -0.2) is 64.3 Å². The number of carbonyl (C=O) groups is 4. The van der Waals surface area contributed by atoms with Gasteiger partial charge in [0.2, 0.25) is 11.8 Å². The van der Waals surface area contributed by atoms with Gasteiger partial charge in [-0.05, 0) is 63.3 Å². The van der Waals surface area contributed by atoms with Crippen molar-refractivity contribution in [1.29, 1.82) is 0 Å². The monoisotopic (exact) mass is 532 g/mol. The molecule has 4 amide bonds. The molecule has 3 heterocycles. The molecule has 206 valence electrons. The predicted molar refractivity (Wildman–Crippen MR) is 146 cm³/mol. The predicted octanol–water partition coefficient (Wildman–Crippen LogP) is 3.48. The molecule has 0 aliphatic carbocycles. The standard InChI is InChI=1S/C30H36N4O5/c1-30(2,3)39-21-13-15-33(16-14-21)18-20-9-7-19(8-10-20)17-31-23-6-4-5-22-26(23)29(38)34(28(22)37)24-11-12-25(35)32-27(24)36/h4-10,21,24,31H,11-18H2,1-3H3,(H,32,35,36). The van der Waals surface area contributed by atoms with Crippen LogP contribution in [0.25, 0.3) is 0 Å². The molecule has 0 bridgehead atoms. The van der Waals surface area contributed by atoms with Crippen molar-refractivity contribution >= 4 is 29.3 Å². The molecule has 0 aromatic heterocycles. The summed E-state index contributed by atoms with van der Waals surface area (Å²) in [5.41, 5.74) is 3.27. The molecule has 2 aromatic rings. The lowest BCUT2D eigenvalue weighted by Crippen LogP contribution is -2.54. The molecule has 3 aliphatic rings. The Morgan fingerprint density at radius 3 is 2.28 bits per heavy atom.